The number of hydrogen-bond acceptors (Lipinski definition) is 8. The first-order chi connectivity index (χ1) is 25.0. The van der Waals surface area contributed by atoms with Crippen LogP contribution in [-0.2, 0) is 20.9 Å². The number of anilines is 2. The largest absolute Gasteiger partial charge is 0.497 e. The lowest BCUT2D eigenvalue weighted by atomic mass is 10.0. The van der Waals surface area contributed by atoms with E-state index in [-0.39, 0.29) is 53.4 Å². The van der Waals surface area contributed by atoms with Gasteiger partial charge in [0, 0.05) is 44.0 Å². The summed E-state index contributed by atoms with van der Waals surface area (Å²) in [6.07, 6.45) is -3.45. The van der Waals surface area contributed by atoms with Crippen molar-refractivity contribution in [3.63, 3.8) is 0 Å². The summed E-state index contributed by atoms with van der Waals surface area (Å²) in [6.45, 7) is 5.41. The van der Waals surface area contributed by atoms with Gasteiger partial charge < -0.3 is 34.9 Å². The molecule has 1 aliphatic heterocycles. The van der Waals surface area contributed by atoms with Gasteiger partial charge in [-0.25, -0.2) is 13.2 Å². The Balaban J connectivity index is 1.60. The molecule has 12 nitrogen and oxygen atoms in total. The van der Waals surface area contributed by atoms with Gasteiger partial charge in [0.25, 0.3) is 5.91 Å². The average molecular weight is 765 g/mol. The number of hydrogen-bond donors (Lipinski definition) is 3. The standard InChI is InChI=1S/C37H47F3N4O8S/c1-24-21-44(25(2)23-45)35(46)32-20-29(42-36(47)41-28-11-9-27(10-12-28)37(38,39)40)13-18-33(32)52-26(3)8-6-7-19-51-34(24)22-43(4)53(48,49)31-16-14-30(50-5)15-17-31/h9-18,20,24-26,34,45H,6-8,19,21-23H2,1-5H3,(H2,41,42,47)/t24-,25-,26+,34+/m0/s1. The summed E-state index contributed by atoms with van der Waals surface area (Å²) in [7, 11) is -0.947. The first-order valence-corrected chi connectivity index (χ1v) is 18.7. The van der Waals surface area contributed by atoms with Crippen molar-refractivity contribution >= 4 is 33.3 Å². The Morgan fingerprint density at radius 3 is 2.30 bits per heavy atom. The maximum atomic E-state index is 14.4. The maximum absolute atomic E-state index is 14.4. The molecule has 290 valence electrons. The molecule has 4 atom stereocenters. The lowest BCUT2D eigenvalue weighted by molar-refractivity contribution is -0.137. The molecule has 4 rings (SSSR count). The third-order valence-corrected chi connectivity index (χ3v) is 10.8. The van der Waals surface area contributed by atoms with Gasteiger partial charge in [-0.3, -0.25) is 4.79 Å². The van der Waals surface area contributed by atoms with E-state index in [2.05, 4.69) is 10.6 Å². The number of nitrogens with one attached hydrogen (secondary N) is 2. The number of benzene rings is 3. The smallest absolute Gasteiger partial charge is 0.416 e. The number of aliphatic hydroxyl groups is 1. The van der Waals surface area contributed by atoms with Crippen LogP contribution in [0.1, 0.15) is 56.0 Å². The molecule has 3 amide bonds. The fraction of sp³-hybridized carbons (Fsp3) is 0.459. The molecular formula is C37H47F3N4O8S. The highest BCUT2D eigenvalue weighted by Gasteiger charge is 2.33. The number of aliphatic hydroxyl groups excluding tert-OH is 1. The summed E-state index contributed by atoms with van der Waals surface area (Å²) in [4.78, 5) is 28.8. The number of nitrogens with zero attached hydrogens (tertiary/aromatic N) is 2. The predicted octanol–water partition coefficient (Wildman–Crippen LogP) is 6.47. The number of urea groups is 1. The molecule has 53 heavy (non-hydrogen) atoms. The second-order valence-electron chi connectivity index (χ2n) is 13.1. The minimum absolute atomic E-state index is 0.0106. The summed E-state index contributed by atoms with van der Waals surface area (Å²) in [5.41, 5.74) is -0.430. The van der Waals surface area contributed by atoms with Gasteiger partial charge in [0.05, 0.1) is 48.0 Å². The van der Waals surface area contributed by atoms with E-state index in [0.717, 1.165) is 30.7 Å². The fourth-order valence-electron chi connectivity index (χ4n) is 5.78. The minimum Gasteiger partial charge on any atom is -0.497 e. The van der Waals surface area contributed by atoms with Crippen LogP contribution in [0.25, 0.3) is 0 Å². The Bertz CT molecular complexity index is 1790. The van der Waals surface area contributed by atoms with Crippen LogP contribution in [-0.4, -0.2) is 93.4 Å². The summed E-state index contributed by atoms with van der Waals surface area (Å²) in [5.74, 6) is -0.150. The van der Waals surface area contributed by atoms with Crippen molar-refractivity contribution in [3.8, 4) is 11.5 Å². The summed E-state index contributed by atoms with van der Waals surface area (Å²) in [5, 5.41) is 15.3. The van der Waals surface area contributed by atoms with E-state index < -0.39 is 51.8 Å². The van der Waals surface area contributed by atoms with E-state index in [4.69, 9.17) is 14.2 Å². The van der Waals surface area contributed by atoms with Crippen LogP contribution in [0.2, 0.25) is 0 Å². The molecule has 0 fully saturated rings. The number of sulfonamides is 1. The van der Waals surface area contributed by atoms with Gasteiger partial charge in [-0.2, -0.15) is 17.5 Å². The minimum atomic E-state index is -4.52. The van der Waals surface area contributed by atoms with Gasteiger partial charge in [-0.05, 0) is 99.8 Å². The molecule has 3 aromatic rings. The molecule has 0 saturated heterocycles. The third-order valence-electron chi connectivity index (χ3n) is 8.98. The maximum Gasteiger partial charge on any atom is 0.416 e. The van der Waals surface area contributed by atoms with Gasteiger partial charge in [-0.15, -0.1) is 0 Å². The van der Waals surface area contributed by atoms with Gasteiger partial charge in [0.2, 0.25) is 10.0 Å². The topological polar surface area (TPSA) is 147 Å². The second-order valence-corrected chi connectivity index (χ2v) is 15.2. The zero-order valence-electron chi connectivity index (χ0n) is 30.4. The number of methoxy groups -OCH3 is 1. The number of carbonyl (C=O) groups is 2. The van der Waals surface area contributed by atoms with Crippen molar-refractivity contribution in [1.82, 2.24) is 9.21 Å². The van der Waals surface area contributed by atoms with E-state index in [1.807, 2.05) is 13.8 Å². The van der Waals surface area contributed by atoms with Gasteiger partial charge in [-0.1, -0.05) is 6.92 Å². The van der Waals surface area contributed by atoms with Crippen LogP contribution in [0.15, 0.2) is 71.6 Å². The third kappa shape index (κ3) is 11.1. The fourth-order valence-corrected chi connectivity index (χ4v) is 6.96. The quantitative estimate of drug-likeness (QED) is 0.225. The molecule has 0 aliphatic carbocycles. The van der Waals surface area contributed by atoms with Crippen LogP contribution in [0.4, 0.5) is 29.3 Å². The molecule has 0 bridgehead atoms. The predicted molar refractivity (Wildman–Crippen MR) is 194 cm³/mol. The summed E-state index contributed by atoms with van der Waals surface area (Å²) >= 11 is 0. The van der Waals surface area contributed by atoms with Gasteiger partial charge >= 0.3 is 12.2 Å². The van der Waals surface area contributed by atoms with Crippen molar-refractivity contribution in [1.29, 1.82) is 0 Å². The van der Waals surface area contributed by atoms with Crippen LogP contribution in [0.3, 0.4) is 0 Å². The molecular weight excluding hydrogens is 717 g/mol. The Morgan fingerprint density at radius 1 is 1.04 bits per heavy atom. The molecule has 3 N–H and O–H groups in total. The summed E-state index contributed by atoms with van der Waals surface area (Å²) < 4.78 is 84.8. The second kappa shape index (κ2) is 18.1. The van der Waals surface area contributed by atoms with E-state index in [9.17, 15) is 36.3 Å². The first-order valence-electron chi connectivity index (χ1n) is 17.2. The van der Waals surface area contributed by atoms with Gasteiger partial charge in [0.1, 0.15) is 11.5 Å². The number of ether oxygens (including phenoxy) is 3. The number of alkyl halides is 3. The van der Waals surface area contributed by atoms with Crippen LogP contribution in [0.5, 0.6) is 11.5 Å². The lowest BCUT2D eigenvalue weighted by Gasteiger charge is -2.35. The zero-order chi connectivity index (χ0) is 38.9. The normalized spacial score (nSPS) is 19.8. The number of halogens is 3. The Labute approximate surface area is 308 Å². The number of carbonyl (C=O) groups excluding carboxylic acids is 2. The first kappa shape index (κ1) is 41.4. The molecule has 3 aromatic carbocycles. The highest BCUT2D eigenvalue weighted by molar-refractivity contribution is 7.89. The van der Waals surface area contributed by atoms with Gasteiger partial charge in [0.15, 0.2) is 0 Å². The van der Waals surface area contributed by atoms with Crippen molar-refractivity contribution < 1.29 is 50.5 Å². The number of likely N-dealkylation sites (N-methyl/N-ethyl adjacent to an activating group) is 1. The SMILES string of the molecule is COc1ccc(S(=O)(=O)N(C)C[C@H]2OCCCC[C@@H](C)Oc3ccc(NC(=O)Nc4ccc(C(F)(F)F)cc4)cc3C(=O)N([C@@H](C)CO)C[C@@H]2C)cc1. The number of amides is 3. The molecule has 0 spiro atoms. The van der Waals surface area contributed by atoms with Crippen LogP contribution < -0.4 is 20.1 Å². The van der Waals surface area contributed by atoms with E-state index >= 15 is 0 Å². The summed E-state index contributed by atoms with van der Waals surface area (Å²) in [6, 6.07) is 13.1. The molecule has 1 aliphatic rings. The molecule has 0 radical (unpaired) electrons. The monoisotopic (exact) mass is 764 g/mol. The van der Waals surface area contributed by atoms with Crippen molar-refractivity contribution in [2.24, 2.45) is 5.92 Å². The van der Waals surface area contributed by atoms with E-state index in [1.54, 1.807) is 31.2 Å². The van der Waals surface area contributed by atoms with Crippen molar-refractivity contribution in [2.75, 3.05) is 51.1 Å². The van der Waals surface area contributed by atoms with E-state index in [0.29, 0.717) is 25.2 Å². The molecule has 16 heteroatoms. The van der Waals surface area contributed by atoms with E-state index in [1.165, 1.54) is 41.6 Å². The van der Waals surface area contributed by atoms with Crippen LogP contribution >= 0.6 is 0 Å². The Morgan fingerprint density at radius 2 is 1.68 bits per heavy atom. The Hall–Kier alpha value is -4.38. The van der Waals surface area contributed by atoms with Crippen molar-refractivity contribution in [3.05, 3.63) is 77.9 Å². The molecule has 0 aromatic heterocycles. The highest BCUT2D eigenvalue weighted by atomic mass is 32.2. The molecule has 0 unspecified atom stereocenters. The highest BCUT2D eigenvalue weighted by Crippen LogP contribution is 2.31. The average Bonchev–Trinajstić information content (AvgIpc) is 3.12. The lowest BCUT2D eigenvalue weighted by Crippen LogP contribution is -2.48. The van der Waals surface area contributed by atoms with Crippen molar-refractivity contribution in [2.45, 2.75) is 69.4 Å². The Kier molecular flexibility index (Phi) is 14.1. The molecule has 1 heterocycles. The molecule has 0 saturated carbocycles. The number of fused-ring (bicyclic) bond motifs is 1. The van der Waals surface area contributed by atoms with Crippen LogP contribution in [0, 0.1) is 5.92 Å². The zero-order valence-corrected chi connectivity index (χ0v) is 31.2. The number of rotatable bonds is 9.